The van der Waals surface area contributed by atoms with Crippen LogP contribution in [0.2, 0.25) is 0 Å². The first-order valence-electron chi connectivity index (χ1n) is 16.4. The molecule has 0 aromatic heterocycles. The molecule has 2 N–H and O–H groups in total. The Labute approximate surface area is 273 Å². The monoisotopic (exact) mass is 682 g/mol. The molecule has 0 unspecified atom stereocenters. The number of ether oxygens (including phenoxy) is 1. The van der Waals surface area contributed by atoms with E-state index in [-0.39, 0.29) is 29.8 Å². The van der Waals surface area contributed by atoms with Crippen LogP contribution in [0.5, 0.6) is 11.5 Å². The SMILES string of the molecule is C#C[C@]1(O)CC[C@H]2[C@@H]3CCc4cc(O)ccc4[C@H]3[C@@H](c3ccc(OCCCCCS(=O)(=O)CCCC(F)(F)C(F)(F)F)cc3)C[C@@]21C. The number of benzene rings is 2. The Morgan fingerprint density at radius 1 is 1.00 bits per heavy atom. The molecule has 6 atom stereocenters. The largest absolute Gasteiger partial charge is 0.508 e. The number of fused-ring (bicyclic) bond motifs is 5. The molecule has 0 bridgehead atoms. The zero-order valence-electron chi connectivity index (χ0n) is 26.5. The minimum atomic E-state index is -5.68. The van der Waals surface area contributed by atoms with E-state index in [4.69, 9.17) is 11.2 Å². The molecule has 2 aromatic rings. The van der Waals surface area contributed by atoms with Crippen LogP contribution in [0, 0.1) is 29.6 Å². The van der Waals surface area contributed by atoms with Crippen LogP contribution in [0.15, 0.2) is 42.5 Å². The van der Waals surface area contributed by atoms with E-state index < -0.39 is 51.5 Å². The summed E-state index contributed by atoms with van der Waals surface area (Å²) in [5, 5.41) is 21.8. The second-order valence-corrected chi connectivity index (χ2v) is 16.2. The fraction of sp³-hybridized carbons (Fsp3) is 0.611. The first kappa shape index (κ1) is 35.5. The zero-order valence-corrected chi connectivity index (χ0v) is 27.4. The fourth-order valence-electron chi connectivity index (χ4n) is 8.62. The van der Waals surface area contributed by atoms with E-state index in [0.717, 1.165) is 31.2 Å². The first-order chi connectivity index (χ1) is 22.0. The normalized spacial score (nSPS) is 29.0. The molecule has 11 heteroatoms. The van der Waals surface area contributed by atoms with E-state index in [9.17, 15) is 40.6 Å². The summed E-state index contributed by atoms with van der Waals surface area (Å²) in [7, 11) is -3.73. The lowest BCUT2D eigenvalue weighted by atomic mass is 9.49. The number of terminal acetylenes is 1. The molecule has 5 rings (SSSR count). The van der Waals surface area contributed by atoms with Gasteiger partial charge in [0.2, 0.25) is 0 Å². The summed E-state index contributed by atoms with van der Waals surface area (Å²) in [6, 6.07) is 13.6. The van der Waals surface area contributed by atoms with E-state index in [0.29, 0.717) is 43.5 Å². The van der Waals surface area contributed by atoms with Gasteiger partial charge in [-0.15, -0.1) is 6.42 Å². The van der Waals surface area contributed by atoms with Crippen LogP contribution >= 0.6 is 0 Å². The number of rotatable bonds is 12. The van der Waals surface area contributed by atoms with Gasteiger partial charge in [-0.05, 0) is 122 Å². The van der Waals surface area contributed by atoms with Gasteiger partial charge in [0.15, 0.2) is 0 Å². The van der Waals surface area contributed by atoms with Gasteiger partial charge in [0.1, 0.15) is 26.9 Å². The molecule has 0 spiro atoms. The number of phenols is 1. The van der Waals surface area contributed by atoms with E-state index in [2.05, 4.69) is 18.9 Å². The molecule has 5 nitrogen and oxygen atoms in total. The van der Waals surface area contributed by atoms with Crippen molar-refractivity contribution in [1.29, 1.82) is 0 Å². The van der Waals surface area contributed by atoms with Crippen LogP contribution in [0.3, 0.4) is 0 Å². The number of aromatic hydroxyl groups is 1. The fourth-order valence-corrected chi connectivity index (χ4v) is 10.1. The average Bonchev–Trinajstić information content (AvgIpc) is 3.28. The molecule has 258 valence electrons. The highest BCUT2D eigenvalue weighted by Crippen LogP contribution is 2.67. The maximum Gasteiger partial charge on any atom is 0.453 e. The molecule has 0 aliphatic heterocycles. The van der Waals surface area contributed by atoms with Gasteiger partial charge in [-0.3, -0.25) is 0 Å². The lowest BCUT2D eigenvalue weighted by Gasteiger charge is -2.55. The van der Waals surface area contributed by atoms with Crippen LogP contribution in [-0.2, 0) is 16.3 Å². The number of sulfone groups is 1. The smallest absolute Gasteiger partial charge is 0.453 e. The zero-order chi connectivity index (χ0) is 34.3. The highest BCUT2D eigenvalue weighted by atomic mass is 32.2. The number of hydrogen-bond donors (Lipinski definition) is 2. The maximum absolute atomic E-state index is 13.0. The minimum absolute atomic E-state index is 0.0958. The van der Waals surface area contributed by atoms with Crippen molar-refractivity contribution in [3.63, 3.8) is 0 Å². The van der Waals surface area contributed by atoms with Gasteiger partial charge in [-0.25, -0.2) is 8.42 Å². The Hall–Kier alpha value is -2.84. The molecule has 0 radical (unpaired) electrons. The summed E-state index contributed by atoms with van der Waals surface area (Å²) in [6.45, 7) is 2.48. The summed E-state index contributed by atoms with van der Waals surface area (Å²) in [4.78, 5) is 0. The molecule has 2 fully saturated rings. The number of aryl methyl sites for hydroxylation is 1. The molecule has 2 saturated carbocycles. The Morgan fingerprint density at radius 3 is 2.38 bits per heavy atom. The van der Waals surface area contributed by atoms with Crippen molar-refractivity contribution in [2.24, 2.45) is 17.3 Å². The summed E-state index contributed by atoms with van der Waals surface area (Å²) in [5.41, 5.74) is 1.95. The van der Waals surface area contributed by atoms with Crippen molar-refractivity contribution in [1.82, 2.24) is 0 Å². The summed E-state index contributed by atoms with van der Waals surface area (Å²) < 4.78 is 93.0. The molecule has 2 aromatic carbocycles. The molecule has 0 heterocycles. The van der Waals surface area contributed by atoms with Gasteiger partial charge in [-0.1, -0.05) is 31.0 Å². The number of alkyl halides is 5. The Kier molecular flexibility index (Phi) is 9.98. The van der Waals surface area contributed by atoms with Crippen LogP contribution < -0.4 is 4.74 Å². The molecule has 47 heavy (non-hydrogen) atoms. The van der Waals surface area contributed by atoms with Crippen LogP contribution in [0.4, 0.5) is 22.0 Å². The molecule has 3 aliphatic carbocycles. The predicted octanol–water partition coefficient (Wildman–Crippen LogP) is 7.95. The lowest BCUT2D eigenvalue weighted by Crippen LogP contribution is -2.52. The second-order valence-electron chi connectivity index (χ2n) is 13.9. The van der Waals surface area contributed by atoms with Crippen LogP contribution in [-0.4, -0.2) is 54.4 Å². The van der Waals surface area contributed by atoms with E-state index in [1.807, 2.05) is 30.3 Å². The molecular formula is C36H43F5O5S. The van der Waals surface area contributed by atoms with Crippen molar-refractivity contribution in [2.45, 2.75) is 101 Å². The van der Waals surface area contributed by atoms with Crippen LogP contribution in [0.1, 0.15) is 93.2 Å². The highest BCUT2D eigenvalue weighted by molar-refractivity contribution is 7.91. The first-order valence-corrected chi connectivity index (χ1v) is 18.2. The summed E-state index contributed by atoms with van der Waals surface area (Å²) in [6.07, 6.45) is 3.29. The van der Waals surface area contributed by atoms with Gasteiger partial charge >= 0.3 is 12.1 Å². The second kappa shape index (κ2) is 13.2. The van der Waals surface area contributed by atoms with Crippen LogP contribution in [0.25, 0.3) is 0 Å². The van der Waals surface area contributed by atoms with E-state index in [1.165, 1.54) is 11.1 Å². The lowest BCUT2D eigenvalue weighted by molar-refractivity contribution is -0.284. The van der Waals surface area contributed by atoms with Gasteiger partial charge in [-0.2, -0.15) is 22.0 Å². The van der Waals surface area contributed by atoms with Crippen molar-refractivity contribution in [2.75, 3.05) is 18.1 Å². The van der Waals surface area contributed by atoms with E-state index >= 15 is 0 Å². The molecule has 3 aliphatic rings. The number of phenolic OH excluding ortho intramolecular Hbond substituents is 1. The summed E-state index contributed by atoms with van der Waals surface area (Å²) >= 11 is 0. The molecule has 0 saturated heterocycles. The average molecular weight is 683 g/mol. The Balaban J connectivity index is 1.17. The topological polar surface area (TPSA) is 83.8 Å². The van der Waals surface area contributed by atoms with Gasteiger partial charge in [0, 0.05) is 11.8 Å². The molecule has 0 amide bonds. The predicted molar refractivity (Wildman–Crippen MR) is 169 cm³/mol. The Morgan fingerprint density at radius 2 is 1.70 bits per heavy atom. The number of aliphatic hydroxyl groups is 1. The standard InChI is InChI=1S/C36H43F5O5S/c1-3-34(43)18-16-31-29-14-10-25-22-26(42)11-15-28(25)32(29)30(23-33(31,34)2)24-8-12-27(13-9-24)46-19-5-4-6-20-47(44,45)21-7-17-35(37,38)36(39,40)41/h1,8-9,11-13,15,22,29-32,42-43H,4-7,10,14,16-21,23H2,2H3/t29-,30+,31-,32+,33-,34-/m0/s1. The third kappa shape index (κ3) is 7.15. The van der Waals surface area contributed by atoms with E-state index in [1.54, 1.807) is 6.07 Å². The van der Waals surface area contributed by atoms with Crippen molar-refractivity contribution in [3.8, 4) is 23.8 Å². The van der Waals surface area contributed by atoms with Gasteiger partial charge < -0.3 is 14.9 Å². The highest BCUT2D eigenvalue weighted by Gasteiger charge is 2.63. The Bertz CT molecular complexity index is 1570. The van der Waals surface area contributed by atoms with Gasteiger partial charge in [0.05, 0.1) is 18.1 Å². The van der Waals surface area contributed by atoms with Crippen molar-refractivity contribution >= 4 is 9.84 Å². The maximum atomic E-state index is 13.0. The van der Waals surface area contributed by atoms with Crippen molar-refractivity contribution in [3.05, 3.63) is 59.2 Å². The number of hydrogen-bond acceptors (Lipinski definition) is 5. The molecular weight excluding hydrogens is 639 g/mol. The number of unbranched alkanes of at least 4 members (excludes halogenated alkanes) is 2. The quantitative estimate of drug-likeness (QED) is 0.135. The minimum Gasteiger partial charge on any atom is -0.508 e. The third-order valence-corrected chi connectivity index (χ3v) is 13.0. The number of halogens is 5. The van der Waals surface area contributed by atoms with Crippen molar-refractivity contribution < 1.29 is 45.3 Å². The summed E-state index contributed by atoms with van der Waals surface area (Å²) in [5.74, 6) is -1.26. The third-order valence-electron chi connectivity index (χ3n) is 11.1. The van der Waals surface area contributed by atoms with Gasteiger partial charge in [0.25, 0.3) is 0 Å².